The summed E-state index contributed by atoms with van der Waals surface area (Å²) >= 11 is 5.54. The summed E-state index contributed by atoms with van der Waals surface area (Å²) in [6.07, 6.45) is 1.15. The second-order valence-electron chi connectivity index (χ2n) is 4.80. The lowest BCUT2D eigenvalue weighted by atomic mass is 10.1. The minimum Gasteiger partial charge on any atom is -0.488 e. The first-order valence-electron chi connectivity index (χ1n) is 6.38. The maximum atomic E-state index is 5.92. The van der Waals surface area contributed by atoms with E-state index in [1.165, 1.54) is 16.0 Å². The van der Waals surface area contributed by atoms with Gasteiger partial charge in [0.05, 0.1) is 4.47 Å². The molecule has 0 aromatic heterocycles. The van der Waals surface area contributed by atoms with Gasteiger partial charge in [-0.05, 0) is 45.6 Å². The Morgan fingerprint density at radius 2 is 2.05 bits per heavy atom. The summed E-state index contributed by atoms with van der Waals surface area (Å²) in [7, 11) is 0. The molecule has 0 fully saturated rings. The van der Waals surface area contributed by atoms with E-state index >= 15 is 0 Å². The molecule has 1 unspecified atom stereocenters. The monoisotopic (exact) mass is 334 g/mol. The van der Waals surface area contributed by atoms with Gasteiger partial charge in [-0.2, -0.15) is 0 Å². The van der Waals surface area contributed by atoms with Crippen LogP contribution in [0.5, 0.6) is 5.75 Å². The normalized spacial score (nSPS) is 17.3. The highest BCUT2D eigenvalue weighted by Crippen LogP contribution is 2.42. The van der Waals surface area contributed by atoms with Gasteiger partial charge in [0.15, 0.2) is 0 Å². The van der Waals surface area contributed by atoms with E-state index in [-0.39, 0.29) is 0 Å². The van der Waals surface area contributed by atoms with E-state index in [1.807, 2.05) is 30.0 Å². The zero-order chi connectivity index (χ0) is 13.2. The van der Waals surface area contributed by atoms with Crippen molar-refractivity contribution in [3.8, 4) is 5.75 Å². The van der Waals surface area contributed by atoms with Crippen LogP contribution in [0.25, 0.3) is 0 Å². The van der Waals surface area contributed by atoms with Crippen LogP contribution < -0.4 is 4.74 Å². The number of rotatable bonds is 3. The second kappa shape index (κ2) is 5.59. The van der Waals surface area contributed by atoms with E-state index in [1.54, 1.807) is 0 Å². The molecule has 1 nitrogen and oxygen atoms in total. The number of halogens is 1. The third-order valence-electron chi connectivity index (χ3n) is 3.19. The fourth-order valence-electron chi connectivity index (χ4n) is 2.26. The third kappa shape index (κ3) is 2.98. The Bertz CT molecular complexity index is 583. The van der Waals surface area contributed by atoms with Crippen LogP contribution in [0.2, 0.25) is 0 Å². The SMILES string of the molecule is CC1Cc2cc(Br)c(OCc3ccccc3)cc2S1. The lowest BCUT2D eigenvalue weighted by Crippen LogP contribution is -1.96. The van der Waals surface area contributed by atoms with Crippen LogP contribution in [-0.4, -0.2) is 5.25 Å². The molecule has 0 spiro atoms. The zero-order valence-electron chi connectivity index (χ0n) is 10.7. The molecule has 98 valence electrons. The van der Waals surface area contributed by atoms with E-state index in [0.717, 1.165) is 16.6 Å². The molecule has 0 amide bonds. The number of hydrogen-bond donors (Lipinski definition) is 0. The maximum absolute atomic E-state index is 5.92. The van der Waals surface area contributed by atoms with Crippen molar-refractivity contribution in [1.82, 2.24) is 0 Å². The van der Waals surface area contributed by atoms with E-state index in [2.05, 4.69) is 47.1 Å². The highest BCUT2D eigenvalue weighted by atomic mass is 79.9. The average Bonchev–Trinajstić information content (AvgIpc) is 2.76. The number of benzene rings is 2. The number of ether oxygens (including phenoxy) is 1. The highest BCUT2D eigenvalue weighted by molar-refractivity contribution is 9.10. The highest BCUT2D eigenvalue weighted by Gasteiger charge is 2.20. The zero-order valence-corrected chi connectivity index (χ0v) is 13.1. The Morgan fingerprint density at radius 1 is 1.26 bits per heavy atom. The smallest absolute Gasteiger partial charge is 0.135 e. The summed E-state index contributed by atoms with van der Waals surface area (Å²) in [6, 6.07) is 14.6. The van der Waals surface area contributed by atoms with Gasteiger partial charge < -0.3 is 4.74 Å². The van der Waals surface area contributed by atoms with Crippen molar-refractivity contribution in [2.24, 2.45) is 0 Å². The minimum absolute atomic E-state index is 0.610. The third-order valence-corrected chi connectivity index (χ3v) is 5.01. The van der Waals surface area contributed by atoms with Crippen molar-refractivity contribution in [3.63, 3.8) is 0 Å². The van der Waals surface area contributed by atoms with Crippen LogP contribution in [0.15, 0.2) is 51.8 Å². The maximum Gasteiger partial charge on any atom is 0.135 e. The lowest BCUT2D eigenvalue weighted by molar-refractivity contribution is 0.303. The van der Waals surface area contributed by atoms with Gasteiger partial charge in [-0.15, -0.1) is 11.8 Å². The largest absolute Gasteiger partial charge is 0.488 e. The standard InChI is InChI=1S/C16H15BrOS/c1-11-7-13-8-14(17)15(9-16(13)19-11)18-10-12-5-3-2-4-6-12/h2-6,8-9,11H,7,10H2,1H3. The molecule has 0 bridgehead atoms. The molecule has 19 heavy (non-hydrogen) atoms. The molecular formula is C16H15BrOS. The molecule has 0 saturated carbocycles. The Morgan fingerprint density at radius 3 is 2.84 bits per heavy atom. The molecule has 1 aliphatic rings. The molecule has 1 atom stereocenters. The van der Waals surface area contributed by atoms with Gasteiger partial charge in [0, 0.05) is 10.1 Å². The van der Waals surface area contributed by atoms with Crippen molar-refractivity contribution in [2.75, 3.05) is 0 Å². The summed E-state index contributed by atoms with van der Waals surface area (Å²) in [6.45, 7) is 2.88. The molecule has 2 aromatic carbocycles. The van der Waals surface area contributed by atoms with Gasteiger partial charge >= 0.3 is 0 Å². The van der Waals surface area contributed by atoms with E-state index in [4.69, 9.17) is 4.74 Å². The van der Waals surface area contributed by atoms with Crippen molar-refractivity contribution >= 4 is 27.7 Å². The molecular weight excluding hydrogens is 320 g/mol. The molecule has 0 radical (unpaired) electrons. The van der Waals surface area contributed by atoms with Crippen LogP contribution in [0, 0.1) is 0 Å². The van der Waals surface area contributed by atoms with Crippen molar-refractivity contribution < 1.29 is 4.74 Å². The summed E-state index contributed by atoms with van der Waals surface area (Å²) in [5, 5.41) is 0.672. The minimum atomic E-state index is 0.610. The van der Waals surface area contributed by atoms with Gasteiger partial charge in [-0.1, -0.05) is 37.3 Å². The van der Waals surface area contributed by atoms with Gasteiger partial charge in [-0.3, -0.25) is 0 Å². The van der Waals surface area contributed by atoms with E-state index in [9.17, 15) is 0 Å². The van der Waals surface area contributed by atoms with Crippen LogP contribution in [0.1, 0.15) is 18.1 Å². The Kier molecular flexibility index (Phi) is 3.85. The molecule has 0 saturated heterocycles. The second-order valence-corrected chi connectivity index (χ2v) is 7.13. The van der Waals surface area contributed by atoms with Gasteiger partial charge in [0.25, 0.3) is 0 Å². The average molecular weight is 335 g/mol. The Labute approximate surface area is 126 Å². The van der Waals surface area contributed by atoms with Crippen LogP contribution in [0.3, 0.4) is 0 Å². The molecule has 3 rings (SSSR count). The first kappa shape index (κ1) is 13.1. The first-order chi connectivity index (χ1) is 9.22. The van der Waals surface area contributed by atoms with Crippen molar-refractivity contribution in [2.45, 2.75) is 30.1 Å². The number of hydrogen-bond acceptors (Lipinski definition) is 2. The molecule has 3 heteroatoms. The topological polar surface area (TPSA) is 9.23 Å². The summed E-state index contributed by atoms with van der Waals surface area (Å²) < 4.78 is 6.98. The summed E-state index contributed by atoms with van der Waals surface area (Å²) in [5.74, 6) is 0.934. The van der Waals surface area contributed by atoms with E-state index < -0.39 is 0 Å². The van der Waals surface area contributed by atoms with E-state index in [0.29, 0.717) is 11.9 Å². The van der Waals surface area contributed by atoms with Crippen molar-refractivity contribution in [1.29, 1.82) is 0 Å². The molecule has 1 heterocycles. The van der Waals surface area contributed by atoms with Crippen LogP contribution in [-0.2, 0) is 13.0 Å². The summed E-state index contributed by atoms with van der Waals surface area (Å²) in [4.78, 5) is 1.36. The molecule has 0 aliphatic carbocycles. The molecule has 1 aliphatic heterocycles. The lowest BCUT2D eigenvalue weighted by Gasteiger charge is -2.10. The molecule has 2 aromatic rings. The van der Waals surface area contributed by atoms with Crippen molar-refractivity contribution in [3.05, 3.63) is 58.1 Å². The Balaban J connectivity index is 1.77. The predicted octanol–water partition coefficient (Wildman–Crippen LogP) is 5.06. The predicted molar refractivity (Wildman–Crippen MR) is 83.9 cm³/mol. The Hall–Kier alpha value is -0.930. The van der Waals surface area contributed by atoms with Crippen LogP contribution >= 0.6 is 27.7 Å². The number of thioether (sulfide) groups is 1. The van der Waals surface area contributed by atoms with Gasteiger partial charge in [0.1, 0.15) is 12.4 Å². The van der Waals surface area contributed by atoms with Gasteiger partial charge in [-0.25, -0.2) is 0 Å². The van der Waals surface area contributed by atoms with Crippen LogP contribution in [0.4, 0.5) is 0 Å². The fraction of sp³-hybridized carbons (Fsp3) is 0.250. The fourth-order valence-corrected chi connectivity index (χ4v) is 3.93. The summed E-state index contributed by atoms with van der Waals surface area (Å²) in [5.41, 5.74) is 2.62. The van der Waals surface area contributed by atoms with Gasteiger partial charge in [0.2, 0.25) is 0 Å². The number of fused-ring (bicyclic) bond motifs is 1. The first-order valence-corrected chi connectivity index (χ1v) is 8.05. The molecule has 0 N–H and O–H groups in total. The quantitative estimate of drug-likeness (QED) is 0.775.